The maximum Gasteiger partial charge on any atom is 0.340 e. The molecule has 10 aromatic rings. The van der Waals surface area contributed by atoms with Crippen LogP contribution in [0.4, 0.5) is 28.6 Å². The highest BCUT2D eigenvalue weighted by molar-refractivity contribution is 6.38. The Labute approximate surface area is 757 Å². The van der Waals surface area contributed by atoms with Crippen molar-refractivity contribution in [3.63, 3.8) is 0 Å². The van der Waals surface area contributed by atoms with Crippen molar-refractivity contribution in [2.45, 2.75) is 117 Å². The van der Waals surface area contributed by atoms with Crippen LogP contribution in [0, 0.1) is 0 Å². The van der Waals surface area contributed by atoms with Gasteiger partial charge >= 0.3 is 17.9 Å². The third-order valence-electron chi connectivity index (χ3n) is 21.2. The maximum atomic E-state index is 12.6. The van der Waals surface area contributed by atoms with E-state index in [1.165, 1.54) is 30.7 Å². The molecule has 2 saturated heterocycles. The summed E-state index contributed by atoms with van der Waals surface area (Å²) in [6, 6.07) is 42.6. The van der Waals surface area contributed by atoms with Crippen LogP contribution < -0.4 is 31.5 Å². The molecule has 11 aliphatic rings. The lowest BCUT2D eigenvalue weighted by Gasteiger charge is -2.28. The summed E-state index contributed by atoms with van der Waals surface area (Å²) < 4.78 is 39.0. The molecule has 656 valence electrons. The van der Waals surface area contributed by atoms with Crippen molar-refractivity contribution in [3.8, 4) is 0 Å². The van der Waals surface area contributed by atoms with Crippen LogP contribution in [-0.2, 0) is 63.6 Å². The molecular weight excluding hydrogens is 1730 g/mol. The molecule has 0 saturated carbocycles. The summed E-state index contributed by atoms with van der Waals surface area (Å²) in [5.41, 5.74) is 17.5. The Kier molecular flexibility index (Phi) is 31.3. The number of morpholine rings is 2. The highest BCUT2D eigenvalue weighted by Gasteiger charge is 2.41. The van der Waals surface area contributed by atoms with Gasteiger partial charge in [0.1, 0.15) is 85.7 Å². The standard InChI is InChI=1S/C21H21N3O3.2C17H13ClN2O2.2C9H8ClNO2.C8H7NO.C6H4ClNO2.C4H9NO.C3H6O/c1-2-17-14-11-18(24-7-9-26-10-8-24)22-12-15(14)20(27-17)19-13-5-3-4-6-16(13)23-21(19)25;2*1-2-13-10-7-14(18)19-8-11(10)16(22-13)15-9-5-3-4-6-12(9)20-17(15)21;2*1-2-7-5-3-8(10)11-4-6(5)9(12)13-7;10-8-5-6-3-1-2-4-7(6)9-8;7-5-2-1-4(3-8-5)6(9)10;1-3-6-4-2-5-1;1-2-3-4/h3-6,11-12,17H,2,7-10H2,1H3,(H,23,25);2*3-8,13H,2H2,1H3,(H,20,21);2*3-4,7H,2H2,1H3;1-4H,5H2,(H,9,10);1-3H,(H,9,10);5H,1-4H2;3H,2H2,1H3/b20-19+;2*16-15+;;;;;;. The lowest BCUT2D eigenvalue weighted by molar-refractivity contribution is -0.115. The van der Waals surface area contributed by atoms with Crippen molar-refractivity contribution in [2.75, 3.05) is 78.8 Å². The molecule has 4 amide bonds. The van der Waals surface area contributed by atoms with E-state index in [-0.39, 0.29) is 71.7 Å². The number of esters is 2. The highest BCUT2D eigenvalue weighted by atomic mass is 35.5. The average molecular weight is 1820 g/mol. The number of anilines is 5. The van der Waals surface area contributed by atoms with Crippen LogP contribution in [-0.4, -0.2) is 135 Å². The first-order chi connectivity index (χ1) is 61.5. The Balaban J connectivity index is 0.000000128. The molecule has 4 aromatic carbocycles. The van der Waals surface area contributed by atoms with E-state index >= 15 is 0 Å². The fourth-order valence-corrected chi connectivity index (χ4v) is 15.8. The number of hydrogen-bond acceptors (Lipinski definition) is 23. The molecule has 6 aromatic heterocycles. The van der Waals surface area contributed by atoms with Gasteiger partial charge < -0.3 is 74.5 Å². The van der Waals surface area contributed by atoms with Gasteiger partial charge in [0.05, 0.1) is 66.3 Å². The van der Waals surface area contributed by atoms with Gasteiger partial charge in [0, 0.05) is 154 Å². The highest BCUT2D eigenvalue weighted by Crippen LogP contribution is 2.51. The number of nitrogens with one attached hydrogen (secondary N) is 5. The second kappa shape index (κ2) is 43.1. The smallest absolute Gasteiger partial charge is 0.340 e. The molecule has 0 spiro atoms. The zero-order valence-electron chi connectivity index (χ0n) is 69.9. The maximum absolute atomic E-state index is 12.6. The number of hydrogen-bond donors (Lipinski definition) is 6. The van der Waals surface area contributed by atoms with Gasteiger partial charge in [-0.05, 0) is 104 Å². The number of carbonyl (C=O) groups is 8. The molecule has 33 heteroatoms. The number of carbonyl (C=O) groups excluding carboxylic acids is 7. The number of amides is 4. The third-order valence-corrected chi connectivity index (χ3v) is 22.3. The van der Waals surface area contributed by atoms with Gasteiger partial charge in [-0.1, -0.05) is 172 Å². The largest absolute Gasteiger partial charge is 0.484 e. The van der Waals surface area contributed by atoms with Gasteiger partial charge in [-0.2, -0.15) is 0 Å². The van der Waals surface area contributed by atoms with Gasteiger partial charge in [0.25, 0.3) is 17.7 Å². The molecule has 127 heavy (non-hydrogen) atoms. The minimum atomic E-state index is -0.996. The van der Waals surface area contributed by atoms with Crippen molar-refractivity contribution in [1.82, 2.24) is 35.2 Å². The number of nitrogens with zero attached hydrogens (tertiary/aromatic N) is 7. The number of fused-ring (bicyclic) bond motifs is 9. The fourth-order valence-electron chi connectivity index (χ4n) is 15.1. The summed E-state index contributed by atoms with van der Waals surface area (Å²) in [5, 5.41) is 25.0. The lowest BCUT2D eigenvalue weighted by Crippen LogP contribution is -2.36. The van der Waals surface area contributed by atoms with Gasteiger partial charge in [-0.25, -0.2) is 44.3 Å². The Morgan fingerprint density at radius 2 is 0.756 bits per heavy atom. The van der Waals surface area contributed by atoms with Crippen molar-refractivity contribution < 1.29 is 76.6 Å². The second-order valence-corrected chi connectivity index (χ2v) is 31.3. The van der Waals surface area contributed by atoms with Crippen molar-refractivity contribution in [2.24, 2.45) is 0 Å². The van der Waals surface area contributed by atoms with Gasteiger partial charge in [0.2, 0.25) is 5.91 Å². The molecule has 5 unspecified atom stereocenters. The fraction of sp³-hybridized carbons (Fsp3) is 0.277. The molecule has 0 radical (unpaired) electrons. The van der Waals surface area contributed by atoms with Gasteiger partial charge in [-0.15, -0.1) is 0 Å². The Hall–Kier alpha value is -12.5. The predicted octanol–water partition coefficient (Wildman–Crippen LogP) is 18.8. The van der Waals surface area contributed by atoms with Crippen molar-refractivity contribution in [3.05, 3.63) is 286 Å². The zero-order valence-corrected chi connectivity index (χ0v) is 73.7. The van der Waals surface area contributed by atoms with Crippen LogP contribution in [0.15, 0.2) is 177 Å². The Morgan fingerprint density at radius 1 is 0.409 bits per heavy atom. The number of carboxylic acid groups (broad SMARTS) is 1. The number of ether oxygens (including phenoxy) is 7. The van der Waals surface area contributed by atoms with E-state index in [4.69, 9.17) is 96.3 Å². The summed E-state index contributed by atoms with van der Waals surface area (Å²) in [6.07, 6.45) is 14.8. The number of para-hydroxylation sites is 4. The quantitative estimate of drug-likeness (QED) is 0.0356. The minimum Gasteiger partial charge on any atom is -0.484 e. The number of benzene rings is 4. The van der Waals surface area contributed by atoms with Gasteiger partial charge in [-0.3, -0.25) is 19.2 Å². The number of aldehydes is 1. The molecule has 17 heterocycles. The van der Waals surface area contributed by atoms with Crippen molar-refractivity contribution in [1.29, 1.82) is 0 Å². The van der Waals surface area contributed by atoms with E-state index in [0.717, 1.165) is 186 Å². The number of carboxylic acids is 1. The first-order valence-electron chi connectivity index (χ1n) is 41.3. The monoisotopic (exact) mass is 1820 g/mol. The van der Waals surface area contributed by atoms with Crippen LogP contribution >= 0.6 is 58.0 Å². The first kappa shape index (κ1) is 92.2. The summed E-state index contributed by atoms with van der Waals surface area (Å²) in [5.74, 6) is 0.861. The minimum absolute atomic E-state index is 0.0640. The number of aromatic carboxylic acids is 1. The van der Waals surface area contributed by atoms with Crippen LogP contribution in [0.2, 0.25) is 25.8 Å². The van der Waals surface area contributed by atoms with E-state index in [0.29, 0.717) is 83.7 Å². The van der Waals surface area contributed by atoms with Gasteiger partial charge in [0.15, 0.2) is 0 Å². The molecular formula is C94H89Cl5N12O16. The molecule has 5 atom stereocenters. The number of aromatic nitrogens is 6. The second-order valence-electron chi connectivity index (χ2n) is 29.4. The third kappa shape index (κ3) is 21.6. The molecule has 21 rings (SSSR count). The van der Waals surface area contributed by atoms with Crippen LogP contribution in [0.1, 0.15) is 208 Å². The molecule has 28 nitrogen and oxygen atoms in total. The van der Waals surface area contributed by atoms with Crippen LogP contribution in [0.3, 0.4) is 0 Å². The summed E-state index contributed by atoms with van der Waals surface area (Å²) in [6.45, 7) is 18.9. The van der Waals surface area contributed by atoms with Crippen LogP contribution in [0.5, 0.6) is 0 Å². The molecule has 11 aliphatic heterocycles. The zero-order chi connectivity index (χ0) is 90.0. The first-order valence-corrected chi connectivity index (χ1v) is 43.2. The Bertz CT molecular complexity index is 5680. The number of halogens is 5. The van der Waals surface area contributed by atoms with E-state index in [2.05, 4.69) is 74.4 Å². The topological polar surface area (TPSA) is 362 Å². The lowest BCUT2D eigenvalue weighted by atomic mass is 10.00. The predicted molar refractivity (Wildman–Crippen MR) is 484 cm³/mol. The summed E-state index contributed by atoms with van der Waals surface area (Å²) >= 11 is 28.8. The Morgan fingerprint density at radius 3 is 1.11 bits per heavy atom. The van der Waals surface area contributed by atoms with Crippen molar-refractivity contribution >= 4 is 168 Å². The molecule has 0 bridgehead atoms. The van der Waals surface area contributed by atoms with E-state index in [1.54, 1.807) is 24.5 Å². The normalized spacial score (nSPS) is 20.0. The summed E-state index contributed by atoms with van der Waals surface area (Å²) in [7, 11) is 0. The van der Waals surface area contributed by atoms with Crippen LogP contribution in [0.25, 0.3) is 34.0 Å². The molecule has 2 fully saturated rings. The average Bonchev–Trinajstić information content (AvgIpc) is 1.61. The molecule has 6 N–H and O–H groups in total. The SMILES string of the molecule is C1COCCN1.CCC1O/C(=C2/C(=O)Nc3ccccc32)c2cnc(Cl)cc21.CCC1O/C(=C2/C(=O)Nc3ccccc32)c2cnc(Cl)cc21.CCC1O/C(=C2/C(=O)Nc3ccccc32)c2cnc(N3CCOCC3)cc21.CCC1OC(=O)c2cnc(Cl)cc21.CCC1OC(=O)c2cnc(Cl)cc21.CCC=O.O=C(O)c1ccc(Cl)nc1.O=C1Cc2ccccc2N1. The number of rotatable bonds is 8. The number of pyridine rings is 6. The summed E-state index contributed by atoms with van der Waals surface area (Å²) in [4.78, 5) is 117. The van der Waals surface area contributed by atoms with E-state index < -0.39 is 5.97 Å². The van der Waals surface area contributed by atoms with E-state index in [1.807, 2.05) is 150 Å². The number of cyclic esters (lactones) is 2. The van der Waals surface area contributed by atoms with E-state index in [9.17, 15) is 38.4 Å². The molecule has 0 aliphatic carbocycles.